The van der Waals surface area contributed by atoms with Crippen molar-refractivity contribution in [2.24, 2.45) is 0 Å². The SMILES string of the molecule is CCCCCCCCCCCCc1cccc(Oc2ccc([O-])cc2S(=O)(=O)O)c1.[Na+]. The Morgan fingerprint density at radius 3 is 2.10 bits per heavy atom. The molecule has 0 aromatic heterocycles. The maximum absolute atomic E-state index is 11.5. The van der Waals surface area contributed by atoms with E-state index in [1.54, 1.807) is 6.07 Å². The smallest absolute Gasteiger partial charge is 0.872 e. The largest absolute Gasteiger partial charge is 1.00 e. The Hall–Kier alpha value is -1.05. The van der Waals surface area contributed by atoms with Crippen molar-refractivity contribution in [3.05, 3.63) is 48.0 Å². The first-order valence-corrected chi connectivity index (χ1v) is 12.4. The molecule has 0 spiro atoms. The van der Waals surface area contributed by atoms with Gasteiger partial charge in [0.05, 0.1) is 0 Å². The van der Waals surface area contributed by atoms with Crippen LogP contribution in [0.25, 0.3) is 0 Å². The molecule has 0 heterocycles. The Kier molecular flexibility index (Phi) is 13.5. The molecule has 166 valence electrons. The first-order chi connectivity index (χ1) is 14.4. The van der Waals surface area contributed by atoms with Gasteiger partial charge < -0.3 is 9.84 Å². The molecule has 0 amide bonds. The maximum atomic E-state index is 11.5. The molecule has 2 aromatic carbocycles. The summed E-state index contributed by atoms with van der Waals surface area (Å²) in [6.07, 6.45) is 13.8. The van der Waals surface area contributed by atoms with Crippen LogP contribution in [0.4, 0.5) is 0 Å². The number of hydrogen-bond acceptors (Lipinski definition) is 4. The van der Waals surface area contributed by atoms with E-state index in [0.717, 1.165) is 24.5 Å². The Morgan fingerprint density at radius 2 is 1.48 bits per heavy atom. The summed E-state index contributed by atoms with van der Waals surface area (Å²) < 4.78 is 38.0. The molecule has 0 aliphatic rings. The molecule has 0 saturated heterocycles. The summed E-state index contributed by atoms with van der Waals surface area (Å²) in [5.74, 6) is -0.0963. The van der Waals surface area contributed by atoms with Crippen LogP contribution in [0.15, 0.2) is 47.4 Å². The van der Waals surface area contributed by atoms with Gasteiger partial charge in [0.15, 0.2) is 0 Å². The minimum absolute atomic E-state index is 0. The van der Waals surface area contributed by atoms with Crippen LogP contribution in [0.2, 0.25) is 0 Å². The van der Waals surface area contributed by atoms with Crippen molar-refractivity contribution in [1.29, 1.82) is 0 Å². The average molecular weight is 457 g/mol. The van der Waals surface area contributed by atoms with Crippen molar-refractivity contribution in [1.82, 2.24) is 0 Å². The van der Waals surface area contributed by atoms with E-state index in [2.05, 4.69) is 6.92 Å². The number of unbranched alkanes of at least 4 members (excludes halogenated alkanes) is 9. The average Bonchev–Trinajstić information content (AvgIpc) is 2.70. The van der Waals surface area contributed by atoms with Gasteiger partial charge in [-0.1, -0.05) is 82.9 Å². The predicted molar refractivity (Wildman–Crippen MR) is 118 cm³/mol. The molecule has 31 heavy (non-hydrogen) atoms. The molecular weight excluding hydrogens is 423 g/mol. The Bertz CT molecular complexity index is 883. The monoisotopic (exact) mass is 456 g/mol. The molecule has 0 unspecified atom stereocenters. The molecular formula is C24H33NaO5S. The van der Waals surface area contributed by atoms with Crippen molar-refractivity contribution in [3.63, 3.8) is 0 Å². The van der Waals surface area contributed by atoms with Gasteiger partial charge in [0, 0.05) is 0 Å². The second kappa shape index (κ2) is 14.9. The zero-order valence-corrected chi connectivity index (χ0v) is 21.6. The fraction of sp³-hybridized carbons (Fsp3) is 0.500. The van der Waals surface area contributed by atoms with Crippen LogP contribution >= 0.6 is 0 Å². The van der Waals surface area contributed by atoms with Crippen LogP contribution in [0.5, 0.6) is 17.2 Å². The zero-order valence-electron chi connectivity index (χ0n) is 18.8. The first-order valence-electron chi connectivity index (χ1n) is 11.0. The van der Waals surface area contributed by atoms with Gasteiger partial charge >= 0.3 is 29.6 Å². The van der Waals surface area contributed by atoms with Crippen molar-refractivity contribution >= 4 is 10.1 Å². The van der Waals surface area contributed by atoms with E-state index in [4.69, 9.17) is 4.74 Å². The Morgan fingerprint density at radius 1 is 0.871 bits per heavy atom. The van der Waals surface area contributed by atoms with E-state index in [0.29, 0.717) is 5.75 Å². The fourth-order valence-corrected chi connectivity index (χ4v) is 4.11. The van der Waals surface area contributed by atoms with Crippen LogP contribution in [-0.4, -0.2) is 13.0 Å². The third-order valence-electron chi connectivity index (χ3n) is 5.14. The molecule has 1 N–H and O–H groups in total. The van der Waals surface area contributed by atoms with E-state index in [-0.39, 0.29) is 35.3 Å². The summed E-state index contributed by atoms with van der Waals surface area (Å²) in [6, 6.07) is 10.8. The van der Waals surface area contributed by atoms with Gasteiger partial charge in [-0.2, -0.15) is 8.42 Å². The molecule has 7 heteroatoms. The second-order valence-corrected chi connectivity index (χ2v) is 9.16. The van der Waals surface area contributed by atoms with Crippen molar-refractivity contribution in [2.75, 3.05) is 0 Å². The topological polar surface area (TPSA) is 86.7 Å². The van der Waals surface area contributed by atoms with Gasteiger partial charge in [-0.25, -0.2) is 0 Å². The third-order valence-corrected chi connectivity index (χ3v) is 6.01. The van der Waals surface area contributed by atoms with Crippen LogP contribution in [0.1, 0.15) is 76.7 Å². The molecule has 5 nitrogen and oxygen atoms in total. The third kappa shape index (κ3) is 10.9. The standard InChI is InChI=1S/C24H34O5S.Na/c1-2-3-4-5-6-7-8-9-10-11-13-20-14-12-15-22(18-20)29-23-17-16-21(25)19-24(23)30(26,27)28;/h12,14-19,25H,2-11,13H2,1H3,(H,26,27,28);/q;+1/p-1. The molecule has 0 aliphatic carbocycles. The van der Waals surface area contributed by atoms with Crippen LogP contribution in [-0.2, 0) is 16.5 Å². The second-order valence-electron chi connectivity index (χ2n) is 7.77. The summed E-state index contributed by atoms with van der Waals surface area (Å²) >= 11 is 0. The van der Waals surface area contributed by atoms with Gasteiger partial charge in [-0.05, 0) is 42.7 Å². The quantitative estimate of drug-likeness (QED) is 0.268. The summed E-state index contributed by atoms with van der Waals surface area (Å²) in [5, 5.41) is 11.4. The molecule has 0 fully saturated rings. The van der Waals surface area contributed by atoms with Gasteiger partial charge in [0.25, 0.3) is 10.1 Å². The van der Waals surface area contributed by atoms with Crippen LogP contribution in [0, 0.1) is 0 Å². The summed E-state index contributed by atoms with van der Waals surface area (Å²) in [4.78, 5) is -0.518. The van der Waals surface area contributed by atoms with E-state index in [1.807, 2.05) is 18.2 Å². The Labute approximate surface area is 209 Å². The van der Waals surface area contributed by atoms with E-state index >= 15 is 0 Å². The number of hydrogen-bond donors (Lipinski definition) is 1. The molecule has 0 atom stereocenters. The number of aryl methyl sites for hydroxylation is 1. The summed E-state index contributed by atoms with van der Waals surface area (Å²) in [6.45, 7) is 2.24. The van der Waals surface area contributed by atoms with Gasteiger partial charge in [-0.15, -0.1) is 5.75 Å². The summed E-state index contributed by atoms with van der Waals surface area (Å²) in [5.41, 5.74) is 1.11. The molecule has 0 saturated carbocycles. The predicted octanol–water partition coefficient (Wildman–Crippen LogP) is 3.27. The molecule has 2 rings (SSSR count). The molecule has 2 aromatic rings. The van der Waals surface area contributed by atoms with Crippen LogP contribution in [0.3, 0.4) is 0 Å². The van der Waals surface area contributed by atoms with Crippen molar-refractivity contribution in [3.8, 4) is 17.2 Å². The molecule has 0 aliphatic heterocycles. The van der Waals surface area contributed by atoms with E-state index in [1.165, 1.54) is 69.9 Å². The maximum Gasteiger partial charge on any atom is 1.00 e. The van der Waals surface area contributed by atoms with Gasteiger partial charge in [-0.3, -0.25) is 4.55 Å². The summed E-state index contributed by atoms with van der Waals surface area (Å²) in [7, 11) is -4.54. The minimum atomic E-state index is -4.54. The van der Waals surface area contributed by atoms with E-state index in [9.17, 15) is 18.1 Å². The minimum Gasteiger partial charge on any atom is -0.872 e. The van der Waals surface area contributed by atoms with Crippen LogP contribution < -0.4 is 39.4 Å². The van der Waals surface area contributed by atoms with E-state index < -0.39 is 20.8 Å². The molecule has 0 radical (unpaired) electrons. The number of rotatable bonds is 14. The van der Waals surface area contributed by atoms with Gasteiger partial charge in [0.1, 0.15) is 16.4 Å². The Balaban J connectivity index is 0.00000480. The first kappa shape index (κ1) is 28.0. The fourth-order valence-electron chi connectivity index (χ4n) is 3.48. The van der Waals surface area contributed by atoms with Crippen molar-refractivity contribution < 1.29 is 52.4 Å². The van der Waals surface area contributed by atoms with Gasteiger partial charge in [0.2, 0.25) is 0 Å². The molecule has 0 bridgehead atoms. The normalized spacial score (nSPS) is 11.2. The number of benzene rings is 2. The van der Waals surface area contributed by atoms with Crippen molar-refractivity contribution in [2.45, 2.75) is 82.4 Å². The zero-order chi connectivity index (χ0) is 21.8. The number of ether oxygens (including phenoxy) is 1.